The molecule has 2 rings (SSSR count). The number of nitrogens with zero attached hydrogens (tertiary/aromatic N) is 1. The highest BCUT2D eigenvalue weighted by Gasteiger charge is 2.50. The Morgan fingerprint density at radius 3 is 2.52 bits per heavy atom. The Morgan fingerprint density at radius 2 is 1.92 bits per heavy atom. The normalized spacial score (nSPS) is 16.1. The zero-order chi connectivity index (χ0) is 18.6. The molecule has 0 saturated carbocycles. The molecule has 8 heteroatoms. The zero-order valence-corrected chi connectivity index (χ0v) is 15.0. The maximum atomic E-state index is 13.8. The van der Waals surface area contributed by atoms with E-state index in [9.17, 15) is 18.8 Å². The molecule has 1 saturated heterocycles. The molecule has 4 amide bonds. The lowest BCUT2D eigenvalue weighted by atomic mass is 9.88. The van der Waals surface area contributed by atoms with Crippen molar-refractivity contribution in [1.29, 1.82) is 0 Å². The van der Waals surface area contributed by atoms with Gasteiger partial charge in [-0.3, -0.25) is 14.5 Å². The Bertz CT molecular complexity index is 690. The first kappa shape index (κ1) is 19.2. The molecule has 0 spiro atoms. The minimum absolute atomic E-state index is 0.0991. The number of urea groups is 1. The van der Waals surface area contributed by atoms with Gasteiger partial charge in [0.15, 0.2) is 5.82 Å². The standard InChI is InChI=1S/C17H21ClFN3O3/c1-3-8-17(9-4-2)15(24)22(16(25)21-17)10-13(23)20-12-7-5-6-11(18)14(12)19/h5-7H,3-4,8-10H2,1-2H3,(H,20,23)(H,21,25). The summed E-state index contributed by atoms with van der Waals surface area (Å²) in [6.07, 6.45) is 2.46. The molecule has 25 heavy (non-hydrogen) atoms. The van der Waals surface area contributed by atoms with Crippen LogP contribution in [0.15, 0.2) is 18.2 Å². The molecule has 1 aliphatic heterocycles. The molecule has 0 radical (unpaired) electrons. The molecule has 1 aromatic carbocycles. The summed E-state index contributed by atoms with van der Waals surface area (Å²) in [5.74, 6) is -1.85. The third-order valence-corrected chi connectivity index (χ3v) is 4.42. The minimum atomic E-state index is -0.956. The van der Waals surface area contributed by atoms with E-state index in [-0.39, 0.29) is 10.7 Å². The number of carbonyl (C=O) groups excluding carboxylic acids is 3. The minimum Gasteiger partial charge on any atom is -0.323 e. The van der Waals surface area contributed by atoms with Crippen molar-refractivity contribution >= 4 is 35.1 Å². The van der Waals surface area contributed by atoms with Crippen LogP contribution in [0.1, 0.15) is 39.5 Å². The Kier molecular flexibility index (Phi) is 6.00. The molecule has 0 bridgehead atoms. The Morgan fingerprint density at radius 1 is 1.28 bits per heavy atom. The number of hydrogen-bond donors (Lipinski definition) is 2. The van der Waals surface area contributed by atoms with Gasteiger partial charge in [-0.05, 0) is 25.0 Å². The summed E-state index contributed by atoms with van der Waals surface area (Å²) in [5, 5.41) is 4.93. The second-order valence-corrected chi connectivity index (χ2v) is 6.46. The fourth-order valence-corrected chi connectivity index (χ4v) is 3.25. The van der Waals surface area contributed by atoms with E-state index in [0.717, 1.165) is 17.7 Å². The van der Waals surface area contributed by atoms with Crippen LogP contribution in [0, 0.1) is 5.82 Å². The third-order valence-electron chi connectivity index (χ3n) is 4.13. The van der Waals surface area contributed by atoms with Gasteiger partial charge >= 0.3 is 6.03 Å². The van der Waals surface area contributed by atoms with E-state index in [2.05, 4.69) is 10.6 Å². The molecule has 136 valence electrons. The van der Waals surface area contributed by atoms with E-state index in [4.69, 9.17) is 11.6 Å². The number of carbonyl (C=O) groups is 3. The highest BCUT2D eigenvalue weighted by molar-refractivity contribution is 6.31. The average molecular weight is 370 g/mol. The summed E-state index contributed by atoms with van der Waals surface area (Å²) in [6, 6.07) is 3.59. The number of imide groups is 1. The number of benzene rings is 1. The molecule has 0 aromatic heterocycles. The summed E-state index contributed by atoms with van der Waals surface area (Å²) < 4.78 is 13.8. The molecule has 6 nitrogen and oxygen atoms in total. The van der Waals surface area contributed by atoms with E-state index in [1.54, 1.807) is 0 Å². The van der Waals surface area contributed by atoms with Gasteiger partial charge in [-0.25, -0.2) is 9.18 Å². The van der Waals surface area contributed by atoms with Crippen LogP contribution in [-0.2, 0) is 9.59 Å². The fraction of sp³-hybridized carbons (Fsp3) is 0.471. The Hall–Kier alpha value is -2.15. The SMILES string of the molecule is CCCC1(CCC)NC(=O)N(CC(=O)Nc2cccc(Cl)c2F)C1=O. The van der Waals surface area contributed by atoms with Crippen molar-refractivity contribution in [3.05, 3.63) is 29.0 Å². The van der Waals surface area contributed by atoms with Crippen LogP contribution in [0.5, 0.6) is 0 Å². The topological polar surface area (TPSA) is 78.5 Å². The van der Waals surface area contributed by atoms with E-state index >= 15 is 0 Å². The lowest BCUT2D eigenvalue weighted by Crippen LogP contribution is -2.47. The number of halogens is 2. The van der Waals surface area contributed by atoms with Crippen LogP contribution in [-0.4, -0.2) is 34.8 Å². The van der Waals surface area contributed by atoms with Crippen LogP contribution in [0.25, 0.3) is 0 Å². The second-order valence-electron chi connectivity index (χ2n) is 6.05. The molecule has 0 aliphatic carbocycles. The van der Waals surface area contributed by atoms with Crippen LogP contribution in [0.4, 0.5) is 14.9 Å². The van der Waals surface area contributed by atoms with Crippen molar-refractivity contribution in [3.8, 4) is 0 Å². The molecular weight excluding hydrogens is 349 g/mol. The van der Waals surface area contributed by atoms with Gasteiger partial charge in [0.2, 0.25) is 5.91 Å². The number of anilines is 1. The van der Waals surface area contributed by atoms with E-state index in [0.29, 0.717) is 12.8 Å². The summed E-state index contributed by atoms with van der Waals surface area (Å²) >= 11 is 5.67. The van der Waals surface area contributed by atoms with Gasteiger partial charge in [-0.2, -0.15) is 0 Å². The van der Waals surface area contributed by atoms with Gasteiger partial charge in [-0.15, -0.1) is 0 Å². The van der Waals surface area contributed by atoms with Gasteiger partial charge < -0.3 is 10.6 Å². The van der Waals surface area contributed by atoms with E-state index in [1.165, 1.54) is 18.2 Å². The van der Waals surface area contributed by atoms with Gasteiger partial charge in [0.1, 0.15) is 12.1 Å². The van der Waals surface area contributed by atoms with Gasteiger partial charge in [0.05, 0.1) is 10.7 Å². The smallest absolute Gasteiger partial charge is 0.323 e. The van der Waals surface area contributed by atoms with Gasteiger partial charge in [-0.1, -0.05) is 44.4 Å². The number of rotatable bonds is 7. The molecule has 1 heterocycles. The lowest BCUT2D eigenvalue weighted by molar-refractivity contribution is -0.134. The zero-order valence-electron chi connectivity index (χ0n) is 14.2. The molecule has 2 N–H and O–H groups in total. The highest BCUT2D eigenvalue weighted by Crippen LogP contribution is 2.28. The number of hydrogen-bond acceptors (Lipinski definition) is 3. The fourth-order valence-electron chi connectivity index (χ4n) is 3.07. The first-order chi connectivity index (χ1) is 11.8. The molecule has 0 unspecified atom stereocenters. The molecule has 1 aromatic rings. The maximum absolute atomic E-state index is 13.8. The molecule has 1 aliphatic rings. The van der Waals surface area contributed by atoms with Gasteiger partial charge in [0.25, 0.3) is 5.91 Å². The van der Waals surface area contributed by atoms with E-state index in [1.807, 2.05) is 13.8 Å². The van der Waals surface area contributed by atoms with Crippen LogP contribution < -0.4 is 10.6 Å². The largest absolute Gasteiger partial charge is 0.325 e. The van der Waals surface area contributed by atoms with Crippen molar-refractivity contribution in [1.82, 2.24) is 10.2 Å². The maximum Gasteiger partial charge on any atom is 0.325 e. The van der Waals surface area contributed by atoms with Crippen LogP contribution in [0.2, 0.25) is 5.02 Å². The van der Waals surface area contributed by atoms with Crippen molar-refractivity contribution in [2.45, 2.75) is 45.1 Å². The quantitative estimate of drug-likeness (QED) is 0.724. The molecular formula is C17H21ClFN3O3. The van der Waals surface area contributed by atoms with Crippen LogP contribution in [0.3, 0.4) is 0 Å². The van der Waals surface area contributed by atoms with Crippen LogP contribution >= 0.6 is 11.6 Å². The highest BCUT2D eigenvalue weighted by atomic mass is 35.5. The number of amides is 4. The lowest BCUT2D eigenvalue weighted by Gasteiger charge is -2.25. The van der Waals surface area contributed by atoms with Crippen molar-refractivity contribution in [3.63, 3.8) is 0 Å². The van der Waals surface area contributed by atoms with Crippen molar-refractivity contribution in [2.75, 3.05) is 11.9 Å². The molecule has 1 fully saturated rings. The first-order valence-electron chi connectivity index (χ1n) is 8.22. The van der Waals surface area contributed by atoms with Crippen molar-refractivity contribution < 1.29 is 18.8 Å². The summed E-state index contributed by atoms with van der Waals surface area (Å²) in [7, 11) is 0. The average Bonchev–Trinajstić information content (AvgIpc) is 2.77. The van der Waals surface area contributed by atoms with Gasteiger partial charge in [0, 0.05) is 0 Å². The predicted octanol–water partition coefficient (Wildman–Crippen LogP) is 3.31. The predicted molar refractivity (Wildman–Crippen MR) is 92.8 cm³/mol. The summed E-state index contributed by atoms with van der Waals surface area (Å²) in [4.78, 5) is 37.9. The Labute approximate surface area is 150 Å². The monoisotopic (exact) mass is 369 g/mol. The van der Waals surface area contributed by atoms with Crippen molar-refractivity contribution in [2.24, 2.45) is 0 Å². The molecule has 0 atom stereocenters. The second kappa shape index (κ2) is 7.82. The summed E-state index contributed by atoms with van der Waals surface area (Å²) in [6.45, 7) is 3.37. The Balaban J connectivity index is 2.11. The number of nitrogens with one attached hydrogen (secondary N) is 2. The third kappa shape index (κ3) is 3.92. The summed E-state index contributed by atoms with van der Waals surface area (Å²) in [5.41, 5.74) is -1.06. The first-order valence-corrected chi connectivity index (χ1v) is 8.60. The van der Waals surface area contributed by atoms with E-state index < -0.39 is 35.7 Å².